The van der Waals surface area contributed by atoms with Crippen LogP contribution in [0, 0.1) is 23.7 Å². The zero-order valence-corrected chi connectivity index (χ0v) is 21.9. The van der Waals surface area contributed by atoms with Gasteiger partial charge in [-0.3, -0.25) is 4.79 Å². The van der Waals surface area contributed by atoms with E-state index in [9.17, 15) is 4.79 Å². The van der Waals surface area contributed by atoms with Gasteiger partial charge in [-0.2, -0.15) is 0 Å². The molecule has 7 rings (SSSR count). The Bertz CT molecular complexity index is 1110. The maximum Gasteiger partial charge on any atom is 0.251 e. The van der Waals surface area contributed by atoms with Gasteiger partial charge in [0.05, 0.1) is 6.61 Å². The number of hydrogen-bond acceptors (Lipinski definition) is 6. The fourth-order valence-electron chi connectivity index (χ4n) is 6.87. The fourth-order valence-corrected chi connectivity index (χ4v) is 6.87. The standard InChI is InChI=1S/C30H37NO6/c1-19-9-14-25-20(2)27(34-28-30(25)24(19)15-16-29(3,35-28)36-37-30)33-18-22-10-12-23(13-11-22)26(32)31-17-21-7-5-4-6-8-21/h4-8,10-13,19-20,24-25,27-28H,9,14-18H2,1-3H3,(H,31,32)/t19-,20-,24?,25?,27+,28?,29?,30-/m1/s1. The van der Waals surface area contributed by atoms with Gasteiger partial charge in [0.1, 0.15) is 0 Å². The predicted octanol–water partition coefficient (Wildman–Crippen LogP) is 5.34. The minimum absolute atomic E-state index is 0.0942. The van der Waals surface area contributed by atoms with E-state index in [-0.39, 0.29) is 17.7 Å². The van der Waals surface area contributed by atoms with Crippen molar-refractivity contribution >= 4 is 5.91 Å². The number of rotatable bonds is 6. The summed E-state index contributed by atoms with van der Waals surface area (Å²) in [5.74, 6) is 0.343. The molecule has 0 aromatic heterocycles. The second-order valence-corrected chi connectivity index (χ2v) is 11.4. The van der Waals surface area contributed by atoms with Gasteiger partial charge in [-0.05, 0) is 61.3 Å². The molecule has 4 aliphatic heterocycles. The van der Waals surface area contributed by atoms with Crippen LogP contribution < -0.4 is 5.32 Å². The molecule has 7 nitrogen and oxygen atoms in total. The van der Waals surface area contributed by atoms with Gasteiger partial charge in [0, 0.05) is 30.4 Å². The first kappa shape index (κ1) is 25.0. The molecular weight excluding hydrogens is 470 g/mol. The molecule has 7 heteroatoms. The Hall–Kier alpha value is -2.29. The van der Waals surface area contributed by atoms with Crippen LogP contribution in [0.25, 0.3) is 0 Å². The summed E-state index contributed by atoms with van der Waals surface area (Å²) >= 11 is 0. The molecule has 1 aliphatic carbocycles. The van der Waals surface area contributed by atoms with Crippen LogP contribution in [0.5, 0.6) is 0 Å². The van der Waals surface area contributed by atoms with Gasteiger partial charge in [-0.1, -0.05) is 56.3 Å². The summed E-state index contributed by atoms with van der Waals surface area (Å²) in [6.07, 6.45) is 3.08. The highest BCUT2D eigenvalue weighted by Crippen LogP contribution is 2.60. The Morgan fingerprint density at radius 3 is 2.54 bits per heavy atom. The van der Waals surface area contributed by atoms with E-state index in [4.69, 9.17) is 24.0 Å². The van der Waals surface area contributed by atoms with Crippen molar-refractivity contribution in [2.24, 2.45) is 23.7 Å². The van der Waals surface area contributed by atoms with Gasteiger partial charge in [-0.15, -0.1) is 0 Å². The molecular formula is C30H37NO6. The van der Waals surface area contributed by atoms with Crippen molar-refractivity contribution in [2.45, 2.75) is 83.6 Å². The lowest BCUT2D eigenvalue weighted by Crippen LogP contribution is -2.70. The number of hydrogen-bond donors (Lipinski definition) is 1. The second kappa shape index (κ2) is 9.79. The molecule has 1 spiro atoms. The lowest BCUT2D eigenvalue weighted by atomic mass is 9.58. The van der Waals surface area contributed by atoms with Crippen molar-refractivity contribution in [3.63, 3.8) is 0 Å². The van der Waals surface area contributed by atoms with Crippen LogP contribution >= 0.6 is 0 Å². The van der Waals surface area contributed by atoms with Crippen LogP contribution in [0.1, 0.15) is 67.9 Å². The number of amides is 1. The Morgan fingerprint density at radius 2 is 1.76 bits per heavy atom. The molecule has 1 amide bonds. The molecule has 5 aliphatic rings. The Balaban J connectivity index is 1.10. The van der Waals surface area contributed by atoms with E-state index in [2.05, 4.69) is 19.2 Å². The van der Waals surface area contributed by atoms with Crippen molar-refractivity contribution in [1.82, 2.24) is 5.32 Å². The number of nitrogens with one attached hydrogen (secondary N) is 1. The third kappa shape index (κ3) is 4.51. The highest BCUT2D eigenvalue weighted by molar-refractivity contribution is 5.94. The Labute approximate surface area is 218 Å². The van der Waals surface area contributed by atoms with Gasteiger partial charge >= 0.3 is 0 Å². The number of carbonyl (C=O) groups excluding carboxylic acids is 1. The summed E-state index contributed by atoms with van der Waals surface area (Å²) in [7, 11) is 0. The van der Waals surface area contributed by atoms with Crippen molar-refractivity contribution in [1.29, 1.82) is 0 Å². The van der Waals surface area contributed by atoms with E-state index in [1.807, 2.05) is 61.5 Å². The first-order valence-electron chi connectivity index (χ1n) is 13.6. The molecule has 37 heavy (non-hydrogen) atoms. The van der Waals surface area contributed by atoms with Gasteiger partial charge < -0.3 is 19.5 Å². The van der Waals surface area contributed by atoms with Gasteiger partial charge in [0.25, 0.3) is 5.91 Å². The molecule has 2 bridgehead atoms. The zero-order valence-electron chi connectivity index (χ0n) is 21.9. The fraction of sp³-hybridized carbons (Fsp3) is 0.567. The average Bonchev–Trinajstić information content (AvgIpc) is 3.15. The first-order chi connectivity index (χ1) is 17.9. The lowest BCUT2D eigenvalue weighted by Gasteiger charge is -2.60. The largest absolute Gasteiger partial charge is 0.348 e. The molecule has 1 saturated carbocycles. The topological polar surface area (TPSA) is 75.3 Å². The quantitative estimate of drug-likeness (QED) is 0.532. The molecule has 2 aromatic rings. The lowest BCUT2D eigenvalue weighted by molar-refractivity contribution is -0.577. The van der Waals surface area contributed by atoms with E-state index in [0.29, 0.717) is 30.6 Å². The number of fused-ring (bicyclic) bond motifs is 2. The molecule has 4 saturated heterocycles. The molecule has 8 atom stereocenters. The van der Waals surface area contributed by atoms with Crippen LogP contribution in [-0.2, 0) is 37.1 Å². The average molecular weight is 508 g/mol. The SMILES string of the molecule is C[C@@H]1CCC2[C@@H](C)[C@@H](OCc3ccc(C(=O)NCc4ccccc4)cc3)OC3OC4(C)CCC1[C@]32OO4. The van der Waals surface area contributed by atoms with Crippen molar-refractivity contribution in [3.05, 3.63) is 71.3 Å². The van der Waals surface area contributed by atoms with Crippen molar-refractivity contribution in [2.75, 3.05) is 0 Å². The van der Waals surface area contributed by atoms with Crippen molar-refractivity contribution in [3.8, 4) is 0 Å². The first-order valence-corrected chi connectivity index (χ1v) is 13.6. The number of ether oxygens (including phenoxy) is 3. The van der Waals surface area contributed by atoms with E-state index in [0.717, 1.165) is 36.8 Å². The normalized spacial score (nSPS) is 38.5. The summed E-state index contributed by atoms with van der Waals surface area (Å²) in [5, 5.41) is 2.97. The summed E-state index contributed by atoms with van der Waals surface area (Å²) in [6, 6.07) is 17.4. The molecule has 0 radical (unpaired) electrons. The molecule has 1 N–H and O–H groups in total. The summed E-state index contributed by atoms with van der Waals surface area (Å²) < 4.78 is 19.2. The monoisotopic (exact) mass is 507 g/mol. The molecule has 2 aromatic carbocycles. The van der Waals surface area contributed by atoms with Gasteiger partial charge in [-0.25, -0.2) is 9.78 Å². The van der Waals surface area contributed by atoms with E-state index >= 15 is 0 Å². The minimum Gasteiger partial charge on any atom is -0.348 e. The molecule has 198 valence electrons. The molecule has 5 fully saturated rings. The van der Waals surface area contributed by atoms with E-state index < -0.39 is 24.0 Å². The van der Waals surface area contributed by atoms with E-state index in [1.165, 1.54) is 0 Å². The van der Waals surface area contributed by atoms with Crippen LogP contribution in [0.2, 0.25) is 0 Å². The highest BCUT2D eigenvalue weighted by Gasteiger charge is 2.69. The van der Waals surface area contributed by atoms with E-state index in [1.54, 1.807) is 0 Å². The minimum atomic E-state index is -0.792. The summed E-state index contributed by atoms with van der Waals surface area (Å²) in [4.78, 5) is 24.7. The summed E-state index contributed by atoms with van der Waals surface area (Å²) in [6.45, 7) is 7.33. The van der Waals surface area contributed by atoms with Crippen LogP contribution in [0.4, 0.5) is 0 Å². The molecule has 4 heterocycles. The van der Waals surface area contributed by atoms with Crippen molar-refractivity contribution < 1.29 is 28.8 Å². The number of benzene rings is 2. The molecule has 4 unspecified atom stereocenters. The summed E-state index contributed by atoms with van der Waals surface area (Å²) in [5.41, 5.74) is 2.10. The third-order valence-electron chi connectivity index (χ3n) is 9.02. The van der Waals surface area contributed by atoms with Crippen LogP contribution in [0.15, 0.2) is 54.6 Å². The Kier molecular flexibility index (Phi) is 6.62. The van der Waals surface area contributed by atoms with Gasteiger partial charge in [0.15, 0.2) is 18.2 Å². The maximum atomic E-state index is 12.6. The highest BCUT2D eigenvalue weighted by atomic mass is 17.3. The van der Waals surface area contributed by atoms with Crippen LogP contribution in [-0.4, -0.2) is 29.9 Å². The second-order valence-electron chi connectivity index (χ2n) is 11.4. The van der Waals surface area contributed by atoms with Crippen LogP contribution in [0.3, 0.4) is 0 Å². The maximum absolute atomic E-state index is 12.6. The van der Waals surface area contributed by atoms with Gasteiger partial charge in [0.2, 0.25) is 5.79 Å². The zero-order chi connectivity index (χ0) is 25.6. The third-order valence-corrected chi connectivity index (χ3v) is 9.02. The smallest absolute Gasteiger partial charge is 0.251 e. The number of carbonyl (C=O) groups is 1. The predicted molar refractivity (Wildman–Crippen MR) is 136 cm³/mol. The Morgan fingerprint density at radius 1 is 0.973 bits per heavy atom.